The molecule has 1 aromatic carbocycles. The summed E-state index contributed by atoms with van der Waals surface area (Å²) in [7, 11) is 0. The highest BCUT2D eigenvalue weighted by atomic mass is 32.1. The summed E-state index contributed by atoms with van der Waals surface area (Å²) in [5.74, 6) is -0.978. The molecule has 4 aromatic rings. The van der Waals surface area contributed by atoms with E-state index < -0.39 is 11.6 Å². The summed E-state index contributed by atoms with van der Waals surface area (Å²) in [6.45, 7) is 4.29. The van der Waals surface area contributed by atoms with Crippen molar-refractivity contribution in [1.82, 2.24) is 15.3 Å². The molecule has 2 atom stereocenters. The Morgan fingerprint density at radius 3 is 3.07 bits per heavy atom. The summed E-state index contributed by atoms with van der Waals surface area (Å²) in [4.78, 5) is 10.5. The molecule has 0 radical (unpaired) electrons. The van der Waals surface area contributed by atoms with Gasteiger partial charge in [0.15, 0.2) is 11.6 Å². The zero-order chi connectivity index (χ0) is 20.7. The molecular formula is C21H20F2N4OS2. The molecule has 2 unspecified atom stereocenters. The van der Waals surface area contributed by atoms with Gasteiger partial charge in [0.1, 0.15) is 16.0 Å². The van der Waals surface area contributed by atoms with Crippen LogP contribution in [0.1, 0.15) is 24.1 Å². The Hall–Kier alpha value is -2.20. The van der Waals surface area contributed by atoms with Crippen LogP contribution in [0.15, 0.2) is 29.9 Å². The molecule has 1 aliphatic heterocycles. The number of halogens is 2. The second-order valence-corrected chi connectivity index (χ2v) is 9.16. The Bertz CT molecular complexity index is 1210. The van der Waals surface area contributed by atoms with Crippen LogP contribution >= 0.6 is 22.7 Å². The SMILES string of the molecule is CCOCC1NCCC1c1cc2c(Nc3c(F)cc4scnc4c3F)ccnc2s1. The second-order valence-electron chi connectivity index (χ2n) is 7.21. The fourth-order valence-corrected chi connectivity index (χ4v) is 5.88. The van der Waals surface area contributed by atoms with Gasteiger partial charge >= 0.3 is 0 Å². The van der Waals surface area contributed by atoms with E-state index in [0.717, 1.165) is 23.2 Å². The first kappa shape index (κ1) is 19.7. The number of benzene rings is 1. The number of nitrogens with zero attached hydrogens (tertiary/aromatic N) is 2. The Balaban J connectivity index is 1.51. The highest BCUT2D eigenvalue weighted by Crippen LogP contribution is 2.40. The summed E-state index contributed by atoms with van der Waals surface area (Å²) >= 11 is 2.84. The Labute approximate surface area is 180 Å². The quantitative estimate of drug-likeness (QED) is 0.415. The van der Waals surface area contributed by atoms with E-state index in [4.69, 9.17) is 4.74 Å². The number of hydrogen-bond donors (Lipinski definition) is 2. The van der Waals surface area contributed by atoms with E-state index in [1.165, 1.54) is 27.8 Å². The number of thiophene rings is 1. The molecule has 4 heterocycles. The monoisotopic (exact) mass is 446 g/mol. The standard InChI is InChI=1S/C21H20F2N4OS2/c1-2-28-9-15-11(3-5-24-15)16-7-12-14(4-6-25-21(12)30-16)27-19-13(22)8-17-20(18(19)23)26-10-29-17/h4,6-8,10-11,15,24H,2-3,5,9H2,1H3,(H,25,27). The molecule has 5 rings (SSSR count). The number of fused-ring (bicyclic) bond motifs is 2. The van der Waals surface area contributed by atoms with Gasteiger partial charge in [-0.25, -0.2) is 18.7 Å². The Kier molecular flexibility index (Phi) is 5.36. The minimum absolute atomic E-state index is 0.177. The van der Waals surface area contributed by atoms with Gasteiger partial charge in [-0.05, 0) is 38.1 Å². The predicted octanol–water partition coefficient (Wildman–Crippen LogP) is 5.41. The van der Waals surface area contributed by atoms with Crippen LogP contribution in [0.3, 0.4) is 0 Å². The van der Waals surface area contributed by atoms with Crippen molar-refractivity contribution in [3.8, 4) is 0 Å². The first-order valence-corrected chi connectivity index (χ1v) is 11.5. The lowest BCUT2D eigenvalue weighted by Gasteiger charge is -2.17. The molecule has 0 spiro atoms. The Morgan fingerprint density at radius 2 is 2.20 bits per heavy atom. The molecule has 2 N–H and O–H groups in total. The van der Waals surface area contributed by atoms with E-state index in [-0.39, 0.29) is 17.2 Å². The Morgan fingerprint density at radius 1 is 1.30 bits per heavy atom. The normalized spacial score (nSPS) is 19.2. The van der Waals surface area contributed by atoms with E-state index in [1.807, 2.05) is 6.92 Å². The highest BCUT2D eigenvalue weighted by Gasteiger charge is 2.30. The smallest absolute Gasteiger partial charge is 0.176 e. The van der Waals surface area contributed by atoms with Gasteiger partial charge in [-0.3, -0.25) is 0 Å². The zero-order valence-corrected chi connectivity index (χ0v) is 17.9. The number of rotatable bonds is 6. The maximum atomic E-state index is 14.9. The lowest BCUT2D eigenvalue weighted by atomic mass is 9.99. The minimum Gasteiger partial charge on any atom is -0.380 e. The van der Waals surface area contributed by atoms with Crippen LogP contribution in [-0.4, -0.2) is 35.8 Å². The molecule has 156 valence electrons. The summed E-state index contributed by atoms with van der Waals surface area (Å²) in [6, 6.07) is 5.41. The van der Waals surface area contributed by atoms with E-state index in [0.29, 0.717) is 29.5 Å². The average molecular weight is 447 g/mol. The van der Waals surface area contributed by atoms with Crippen molar-refractivity contribution in [1.29, 1.82) is 0 Å². The number of hydrogen-bond acceptors (Lipinski definition) is 7. The molecule has 0 saturated carbocycles. The van der Waals surface area contributed by atoms with Gasteiger partial charge in [0, 0.05) is 35.0 Å². The van der Waals surface area contributed by atoms with Crippen LogP contribution in [0.25, 0.3) is 20.4 Å². The minimum atomic E-state index is -0.677. The van der Waals surface area contributed by atoms with Gasteiger partial charge in [0.05, 0.1) is 22.5 Å². The summed E-state index contributed by atoms with van der Waals surface area (Å²) in [5, 5.41) is 7.32. The van der Waals surface area contributed by atoms with Crippen molar-refractivity contribution in [2.24, 2.45) is 0 Å². The molecule has 0 aliphatic carbocycles. The van der Waals surface area contributed by atoms with Crippen LogP contribution < -0.4 is 10.6 Å². The first-order chi connectivity index (χ1) is 14.7. The lowest BCUT2D eigenvalue weighted by Crippen LogP contribution is -2.30. The van der Waals surface area contributed by atoms with Gasteiger partial charge in [-0.1, -0.05) is 0 Å². The maximum Gasteiger partial charge on any atom is 0.176 e. The number of nitrogens with one attached hydrogen (secondary N) is 2. The number of ether oxygens (including phenoxy) is 1. The molecule has 30 heavy (non-hydrogen) atoms. The van der Waals surface area contributed by atoms with Crippen LogP contribution in [-0.2, 0) is 4.74 Å². The van der Waals surface area contributed by atoms with E-state index in [2.05, 4.69) is 26.7 Å². The van der Waals surface area contributed by atoms with E-state index in [9.17, 15) is 8.78 Å². The van der Waals surface area contributed by atoms with Gasteiger partial charge < -0.3 is 15.4 Å². The fourth-order valence-electron chi connectivity index (χ4n) is 3.96. The fraction of sp³-hybridized carbons (Fsp3) is 0.333. The molecule has 9 heteroatoms. The molecule has 0 amide bonds. The van der Waals surface area contributed by atoms with Crippen molar-refractivity contribution < 1.29 is 13.5 Å². The van der Waals surface area contributed by atoms with E-state index >= 15 is 0 Å². The summed E-state index contributed by atoms with van der Waals surface area (Å²) in [5.41, 5.74) is 2.13. The third-order valence-corrected chi connectivity index (χ3v) is 7.40. The van der Waals surface area contributed by atoms with Crippen LogP contribution in [0.2, 0.25) is 0 Å². The molecule has 0 bridgehead atoms. The molecule has 3 aromatic heterocycles. The average Bonchev–Trinajstić information content (AvgIpc) is 3.47. The number of thiazole rings is 1. The van der Waals surface area contributed by atoms with Crippen molar-refractivity contribution in [2.45, 2.75) is 25.3 Å². The molecule has 1 aliphatic rings. The molecule has 1 saturated heterocycles. The van der Waals surface area contributed by atoms with Crippen molar-refractivity contribution in [3.05, 3.63) is 46.4 Å². The van der Waals surface area contributed by atoms with Gasteiger partial charge in [0.2, 0.25) is 0 Å². The van der Waals surface area contributed by atoms with Crippen molar-refractivity contribution >= 4 is 54.5 Å². The number of aromatic nitrogens is 2. The molecular weight excluding hydrogens is 426 g/mol. The zero-order valence-electron chi connectivity index (χ0n) is 16.2. The maximum absolute atomic E-state index is 14.9. The topological polar surface area (TPSA) is 59.1 Å². The third-order valence-electron chi connectivity index (χ3n) is 5.45. The molecule has 1 fully saturated rings. The van der Waals surface area contributed by atoms with Crippen LogP contribution in [0, 0.1) is 11.6 Å². The highest BCUT2D eigenvalue weighted by molar-refractivity contribution is 7.18. The third kappa shape index (κ3) is 3.45. The van der Waals surface area contributed by atoms with Crippen LogP contribution in [0.5, 0.6) is 0 Å². The van der Waals surface area contributed by atoms with Gasteiger partial charge in [-0.15, -0.1) is 22.7 Å². The van der Waals surface area contributed by atoms with Crippen molar-refractivity contribution in [2.75, 3.05) is 25.1 Å². The van der Waals surface area contributed by atoms with E-state index in [1.54, 1.807) is 23.6 Å². The van der Waals surface area contributed by atoms with Crippen LogP contribution in [0.4, 0.5) is 20.2 Å². The van der Waals surface area contributed by atoms with Gasteiger partial charge in [0.25, 0.3) is 0 Å². The first-order valence-electron chi connectivity index (χ1n) is 9.83. The largest absolute Gasteiger partial charge is 0.380 e. The summed E-state index contributed by atoms with van der Waals surface area (Å²) < 4.78 is 35.6. The number of anilines is 2. The second kappa shape index (κ2) is 8.14. The predicted molar refractivity (Wildman–Crippen MR) is 118 cm³/mol. The summed E-state index contributed by atoms with van der Waals surface area (Å²) in [6.07, 6.45) is 2.68. The molecule has 5 nitrogen and oxygen atoms in total. The lowest BCUT2D eigenvalue weighted by molar-refractivity contribution is 0.124. The van der Waals surface area contributed by atoms with Gasteiger partial charge in [-0.2, -0.15) is 0 Å². The number of pyridine rings is 1. The van der Waals surface area contributed by atoms with Crippen molar-refractivity contribution in [3.63, 3.8) is 0 Å².